The number of nitriles is 1. The van der Waals surface area contributed by atoms with E-state index >= 15 is 0 Å². The average molecular weight is 272 g/mol. The Morgan fingerprint density at radius 1 is 0.833 bits per heavy atom. The van der Waals surface area contributed by atoms with Gasteiger partial charge in [0.2, 0.25) is 0 Å². The second-order valence-electron chi connectivity index (χ2n) is 4.04. The van der Waals surface area contributed by atoms with Gasteiger partial charge in [0.25, 0.3) is 0 Å². The molecule has 3 rings (SSSR count). The van der Waals surface area contributed by atoms with Gasteiger partial charge >= 0.3 is 0 Å². The van der Waals surface area contributed by atoms with E-state index < -0.39 is 0 Å². The van der Waals surface area contributed by atoms with Crippen LogP contribution in [0.4, 0.5) is 0 Å². The summed E-state index contributed by atoms with van der Waals surface area (Å²) in [6, 6.07) is 15.5. The molecule has 0 atom stereocenters. The molecule has 0 heterocycles. The second-order valence-corrected chi connectivity index (χ2v) is 4.82. The van der Waals surface area contributed by atoms with Gasteiger partial charge in [-0.05, 0) is 22.9 Å². The first-order chi connectivity index (χ1) is 8.72. The Morgan fingerprint density at radius 3 is 2.22 bits per heavy atom. The van der Waals surface area contributed by atoms with E-state index in [4.69, 9.17) is 23.2 Å². The van der Waals surface area contributed by atoms with Gasteiger partial charge in [-0.25, -0.2) is 0 Å². The predicted octanol–water partition coefficient (Wildman–Crippen LogP) is 5.17. The van der Waals surface area contributed by atoms with Crippen LogP contribution in [0, 0.1) is 11.3 Å². The van der Waals surface area contributed by atoms with E-state index in [9.17, 15) is 5.26 Å². The molecule has 0 aliphatic heterocycles. The molecule has 0 bridgehead atoms. The highest BCUT2D eigenvalue weighted by Crippen LogP contribution is 2.36. The number of fused-ring (bicyclic) bond motifs is 3. The van der Waals surface area contributed by atoms with Crippen molar-refractivity contribution in [3.05, 3.63) is 58.1 Å². The lowest BCUT2D eigenvalue weighted by atomic mass is 9.98. The summed E-state index contributed by atoms with van der Waals surface area (Å²) < 4.78 is 0. The molecule has 0 saturated heterocycles. The van der Waals surface area contributed by atoms with Gasteiger partial charge in [0.1, 0.15) is 0 Å². The number of benzene rings is 3. The lowest BCUT2D eigenvalue weighted by Gasteiger charge is -2.08. The zero-order valence-electron chi connectivity index (χ0n) is 9.24. The van der Waals surface area contributed by atoms with Crippen molar-refractivity contribution in [2.45, 2.75) is 0 Å². The molecule has 3 aromatic carbocycles. The summed E-state index contributed by atoms with van der Waals surface area (Å²) in [4.78, 5) is 0. The standard InChI is InChI=1S/C15H7Cl2N/c16-14-6-5-12-11-4-2-1-3-10(11)9(8-18)7-13(12)15(14)17/h1-7H. The lowest BCUT2D eigenvalue weighted by Crippen LogP contribution is -1.84. The van der Waals surface area contributed by atoms with Crippen LogP contribution in [0.15, 0.2) is 42.5 Å². The maximum atomic E-state index is 9.23. The molecule has 0 aliphatic carbocycles. The van der Waals surface area contributed by atoms with Gasteiger partial charge in [-0.1, -0.05) is 53.5 Å². The first kappa shape index (κ1) is 11.3. The molecule has 0 fully saturated rings. The molecule has 0 saturated carbocycles. The molecule has 0 aromatic heterocycles. The molecule has 86 valence electrons. The Kier molecular flexibility index (Phi) is 2.63. The first-order valence-electron chi connectivity index (χ1n) is 5.42. The molecule has 0 radical (unpaired) electrons. The van der Waals surface area contributed by atoms with E-state index in [1.165, 1.54) is 0 Å². The summed E-state index contributed by atoms with van der Waals surface area (Å²) in [6.45, 7) is 0. The third kappa shape index (κ3) is 1.54. The van der Waals surface area contributed by atoms with Crippen LogP contribution in [0.5, 0.6) is 0 Å². The van der Waals surface area contributed by atoms with Gasteiger partial charge < -0.3 is 0 Å². The zero-order chi connectivity index (χ0) is 12.7. The summed E-state index contributed by atoms with van der Waals surface area (Å²) in [6.07, 6.45) is 0. The molecule has 0 amide bonds. The summed E-state index contributed by atoms with van der Waals surface area (Å²) >= 11 is 12.2. The van der Waals surface area contributed by atoms with Crippen LogP contribution in [0.2, 0.25) is 10.0 Å². The molecule has 0 unspecified atom stereocenters. The van der Waals surface area contributed by atoms with Crippen molar-refractivity contribution in [2.24, 2.45) is 0 Å². The zero-order valence-corrected chi connectivity index (χ0v) is 10.8. The maximum absolute atomic E-state index is 9.23. The van der Waals surface area contributed by atoms with Crippen LogP contribution in [0.3, 0.4) is 0 Å². The minimum absolute atomic E-state index is 0.497. The van der Waals surface area contributed by atoms with E-state index in [1.54, 1.807) is 12.1 Å². The molecule has 0 spiro atoms. The highest BCUT2D eigenvalue weighted by atomic mass is 35.5. The minimum atomic E-state index is 0.497. The molecule has 1 nitrogen and oxygen atoms in total. The number of nitrogens with zero attached hydrogens (tertiary/aromatic N) is 1. The van der Waals surface area contributed by atoms with Crippen LogP contribution in [-0.2, 0) is 0 Å². The highest BCUT2D eigenvalue weighted by molar-refractivity contribution is 6.45. The van der Waals surface area contributed by atoms with Crippen molar-refractivity contribution in [3.8, 4) is 6.07 Å². The lowest BCUT2D eigenvalue weighted by molar-refractivity contribution is 1.51. The van der Waals surface area contributed by atoms with E-state index in [-0.39, 0.29) is 0 Å². The monoisotopic (exact) mass is 271 g/mol. The topological polar surface area (TPSA) is 23.8 Å². The second kappa shape index (κ2) is 4.17. The van der Waals surface area contributed by atoms with Gasteiger partial charge in [-0.2, -0.15) is 5.26 Å². The molecular weight excluding hydrogens is 265 g/mol. The largest absolute Gasteiger partial charge is 0.192 e. The third-order valence-corrected chi connectivity index (χ3v) is 3.87. The number of hydrogen-bond donors (Lipinski definition) is 0. The highest BCUT2D eigenvalue weighted by Gasteiger charge is 2.10. The van der Waals surface area contributed by atoms with Crippen molar-refractivity contribution < 1.29 is 0 Å². The summed E-state index contributed by atoms with van der Waals surface area (Å²) in [5.41, 5.74) is 0.613. The normalized spacial score (nSPS) is 10.7. The minimum Gasteiger partial charge on any atom is -0.192 e. The Morgan fingerprint density at radius 2 is 1.50 bits per heavy atom. The van der Waals surface area contributed by atoms with E-state index in [2.05, 4.69) is 6.07 Å². The molecule has 3 heteroatoms. The Balaban J connectivity index is 2.64. The van der Waals surface area contributed by atoms with Crippen molar-refractivity contribution in [1.29, 1.82) is 5.26 Å². The Bertz CT molecular complexity index is 816. The van der Waals surface area contributed by atoms with Crippen molar-refractivity contribution in [3.63, 3.8) is 0 Å². The smallest absolute Gasteiger partial charge is 0.0998 e. The van der Waals surface area contributed by atoms with Gasteiger partial charge in [-0.3, -0.25) is 0 Å². The fraction of sp³-hybridized carbons (Fsp3) is 0. The van der Waals surface area contributed by atoms with E-state index in [0.717, 1.165) is 21.5 Å². The number of hydrogen-bond acceptors (Lipinski definition) is 1. The molecule has 3 aromatic rings. The Hall–Kier alpha value is -1.75. The molecule has 18 heavy (non-hydrogen) atoms. The van der Waals surface area contributed by atoms with E-state index in [0.29, 0.717) is 15.6 Å². The molecular formula is C15H7Cl2N. The van der Waals surface area contributed by atoms with Gasteiger partial charge in [0.15, 0.2) is 0 Å². The fourth-order valence-electron chi connectivity index (χ4n) is 2.21. The SMILES string of the molecule is N#Cc1cc2c(Cl)c(Cl)ccc2c2ccccc12. The van der Waals surface area contributed by atoms with Crippen LogP contribution in [0.1, 0.15) is 5.56 Å². The van der Waals surface area contributed by atoms with Crippen LogP contribution in [0.25, 0.3) is 21.5 Å². The van der Waals surface area contributed by atoms with Gasteiger partial charge in [0.05, 0.1) is 21.7 Å². The quantitative estimate of drug-likeness (QED) is 0.518. The third-order valence-electron chi connectivity index (χ3n) is 3.05. The molecule has 0 N–H and O–H groups in total. The van der Waals surface area contributed by atoms with Crippen molar-refractivity contribution in [2.75, 3.05) is 0 Å². The van der Waals surface area contributed by atoms with Crippen molar-refractivity contribution in [1.82, 2.24) is 0 Å². The van der Waals surface area contributed by atoms with E-state index in [1.807, 2.05) is 30.3 Å². The van der Waals surface area contributed by atoms with Crippen molar-refractivity contribution >= 4 is 44.7 Å². The summed E-state index contributed by atoms with van der Waals surface area (Å²) in [5.74, 6) is 0. The van der Waals surface area contributed by atoms with Crippen LogP contribution >= 0.6 is 23.2 Å². The van der Waals surface area contributed by atoms with Gasteiger partial charge in [0, 0.05) is 10.8 Å². The first-order valence-corrected chi connectivity index (χ1v) is 6.17. The molecule has 0 aliphatic rings. The summed E-state index contributed by atoms with van der Waals surface area (Å²) in [5, 5.41) is 14.0. The average Bonchev–Trinajstić information content (AvgIpc) is 2.42. The maximum Gasteiger partial charge on any atom is 0.0998 e. The van der Waals surface area contributed by atoms with Gasteiger partial charge in [-0.15, -0.1) is 0 Å². The fourth-order valence-corrected chi connectivity index (χ4v) is 2.59. The predicted molar refractivity (Wildman–Crippen MR) is 76.2 cm³/mol. The number of rotatable bonds is 0. The number of halogens is 2. The van der Waals surface area contributed by atoms with Crippen LogP contribution in [-0.4, -0.2) is 0 Å². The van der Waals surface area contributed by atoms with Crippen LogP contribution < -0.4 is 0 Å². The Labute approximate surface area is 114 Å². The summed E-state index contributed by atoms with van der Waals surface area (Å²) in [7, 11) is 0.